The number of hydrogen-bond acceptors (Lipinski definition) is 6. The Hall–Kier alpha value is -1.14. The largest absolute Gasteiger partial charge is 0.466 e. The summed E-state index contributed by atoms with van der Waals surface area (Å²) in [6.45, 7) is 5.38. The molecule has 0 aromatic rings. The smallest absolute Gasteiger partial charge is 0.305 e. The highest BCUT2D eigenvalue weighted by Crippen LogP contribution is 2.29. The second-order valence-corrected chi connectivity index (χ2v) is 5.27. The first-order valence-electron chi connectivity index (χ1n) is 7.64. The lowest BCUT2D eigenvalue weighted by Gasteiger charge is -2.18. The molecule has 21 heavy (non-hydrogen) atoms. The maximum absolute atomic E-state index is 11.3. The molecule has 1 saturated heterocycles. The molecular weight excluding hydrogens is 276 g/mol. The number of aliphatic hydroxyl groups excluding tert-OH is 1. The van der Waals surface area contributed by atoms with Crippen LogP contribution >= 0.6 is 0 Å². The number of carbonyl (C=O) groups is 2. The fourth-order valence-corrected chi connectivity index (χ4v) is 2.53. The Bertz CT molecular complexity index is 343. The summed E-state index contributed by atoms with van der Waals surface area (Å²) in [4.78, 5) is 22.5. The maximum Gasteiger partial charge on any atom is 0.305 e. The molecule has 0 radical (unpaired) electrons. The second-order valence-electron chi connectivity index (χ2n) is 5.27. The van der Waals surface area contributed by atoms with Gasteiger partial charge in [0.25, 0.3) is 0 Å². The normalized spacial score (nSPS) is 26.4. The minimum Gasteiger partial charge on any atom is -0.466 e. The number of aliphatic hydroxyl groups is 1. The average molecular weight is 302 g/mol. The monoisotopic (exact) mass is 302 g/mol. The number of hydrogen-bond donors (Lipinski definition) is 1. The molecular formula is C15H26O6. The number of carbonyl (C=O) groups excluding carboxylic acids is 2. The van der Waals surface area contributed by atoms with E-state index in [9.17, 15) is 14.7 Å². The fraction of sp³-hybridized carbons (Fsp3) is 0.867. The van der Waals surface area contributed by atoms with Crippen molar-refractivity contribution in [3.8, 4) is 0 Å². The zero-order valence-electron chi connectivity index (χ0n) is 13.0. The predicted octanol–water partition coefficient (Wildman–Crippen LogP) is 1.58. The van der Waals surface area contributed by atoms with Gasteiger partial charge >= 0.3 is 11.9 Å². The number of esters is 2. The Balaban J connectivity index is 2.47. The average Bonchev–Trinajstić information content (AvgIpc) is 2.80. The summed E-state index contributed by atoms with van der Waals surface area (Å²) < 4.78 is 15.9. The third kappa shape index (κ3) is 6.01. The van der Waals surface area contributed by atoms with E-state index in [1.165, 1.54) is 6.92 Å². The number of ether oxygens (including phenoxy) is 3. The summed E-state index contributed by atoms with van der Waals surface area (Å²) in [5.74, 6) is -0.588. The van der Waals surface area contributed by atoms with Crippen LogP contribution in [0.4, 0.5) is 0 Å². The summed E-state index contributed by atoms with van der Waals surface area (Å²) in [5, 5.41) is 9.87. The molecule has 6 heteroatoms. The van der Waals surface area contributed by atoms with Gasteiger partial charge in [-0.2, -0.15) is 0 Å². The third-order valence-corrected chi connectivity index (χ3v) is 3.57. The Morgan fingerprint density at radius 2 is 2.10 bits per heavy atom. The SMILES string of the molecule is CCOC(=O)CCC[C@H]1O[C@@H]([C@H](O)CC)C[C@H]1OC(C)=O. The van der Waals surface area contributed by atoms with E-state index in [1.807, 2.05) is 6.92 Å². The Morgan fingerprint density at radius 1 is 1.38 bits per heavy atom. The van der Waals surface area contributed by atoms with E-state index in [0.717, 1.165) is 0 Å². The Kier molecular flexibility index (Phi) is 7.67. The molecule has 1 heterocycles. The molecule has 0 saturated carbocycles. The van der Waals surface area contributed by atoms with Gasteiger partial charge in [0.2, 0.25) is 0 Å². The van der Waals surface area contributed by atoms with E-state index in [1.54, 1.807) is 6.92 Å². The van der Waals surface area contributed by atoms with Crippen LogP contribution < -0.4 is 0 Å². The maximum atomic E-state index is 11.3. The van der Waals surface area contributed by atoms with Crippen LogP contribution in [0.3, 0.4) is 0 Å². The van der Waals surface area contributed by atoms with E-state index < -0.39 is 6.10 Å². The molecule has 0 bridgehead atoms. The van der Waals surface area contributed by atoms with Crippen molar-refractivity contribution in [2.24, 2.45) is 0 Å². The Labute approximate surface area is 125 Å². The topological polar surface area (TPSA) is 82.1 Å². The molecule has 1 fully saturated rings. The fourth-order valence-electron chi connectivity index (χ4n) is 2.53. The quantitative estimate of drug-likeness (QED) is 0.686. The summed E-state index contributed by atoms with van der Waals surface area (Å²) in [6, 6.07) is 0. The molecule has 1 aliphatic rings. The van der Waals surface area contributed by atoms with Crippen LogP contribution in [0.15, 0.2) is 0 Å². The van der Waals surface area contributed by atoms with Gasteiger partial charge in [-0.25, -0.2) is 0 Å². The van der Waals surface area contributed by atoms with Crippen molar-refractivity contribution in [2.45, 2.75) is 77.3 Å². The molecule has 0 spiro atoms. The zero-order chi connectivity index (χ0) is 15.8. The molecule has 0 amide bonds. The number of rotatable bonds is 8. The van der Waals surface area contributed by atoms with Gasteiger partial charge < -0.3 is 19.3 Å². The first kappa shape index (κ1) is 17.9. The summed E-state index contributed by atoms with van der Waals surface area (Å²) in [5.41, 5.74) is 0. The summed E-state index contributed by atoms with van der Waals surface area (Å²) >= 11 is 0. The van der Waals surface area contributed by atoms with E-state index in [0.29, 0.717) is 38.7 Å². The van der Waals surface area contributed by atoms with Crippen molar-refractivity contribution in [3.63, 3.8) is 0 Å². The van der Waals surface area contributed by atoms with Gasteiger partial charge in [0, 0.05) is 19.8 Å². The van der Waals surface area contributed by atoms with Crippen LogP contribution in [0.25, 0.3) is 0 Å². The van der Waals surface area contributed by atoms with Crippen LogP contribution in [-0.4, -0.2) is 48.1 Å². The molecule has 0 aromatic carbocycles. The molecule has 1 N–H and O–H groups in total. The second kappa shape index (κ2) is 9.00. The van der Waals surface area contributed by atoms with Crippen molar-refractivity contribution in [2.75, 3.05) is 6.61 Å². The highest BCUT2D eigenvalue weighted by atomic mass is 16.6. The van der Waals surface area contributed by atoms with Gasteiger partial charge in [0.05, 0.1) is 24.9 Å². The lowest BCUT2D eigenvalue weighted by atomic mass is 10.0. The molecule has 1 rings (SSSR count). The van der Waals surface area contributed by atoms with Gasteiger partial charge in [-0.3, -0.25) is 9.59 Å². The van der Waals surface area contributed by atoms with Crippen LogP contribution in [0.2, 0.25) is 0 Å². The molecule has 122 valence electrons. The van der Waals surface area contributed by atoms with Gasteiger partial charge in [-0.15, -0.1) is 0 Å². The molecule has 0 aliphatic carbocycles. The minimum absolute atomic E-state index is 0.232. The van der Waals surface area contributed by atoms with Crippen molar-refractivity contribution >= 4 is 11.9 Å². The van der Waals surface area contributed by atoms with Crippen molar-refractivity contribution in [3.05, 3.63) is 0 Å². The molecule has 6 nitrogen and oxygen atoms in total. The van der Waals surface area contributed by atoms with Crippen LogP contribution in [0.5, 0.6) is 0 Å². The highest BCUT2D eigenvalue weighted by Gasteiger charge is 2.39. The summed E-state index contributed by atoms with van der Waals surface area (Å²) in [7, 11) is 0. The predicted molar refractivity (Wildman–Crippen MR) is 75.6 cm³/mol. The van der Waals surface area contributed by atoms with E-state index in [-0.39, 0.29) is 30.3 Å². The van der Waals surface area contributed by atoms with E-state index >= 15 is 0 Å². The van der Waals surface area contributed by atoms with Gasteiger partial charge in [0.15, 0.2) is 0 Å². The van der Waals surface area contributed by atoms with Crippen molar-refractivity contribution in [1.82, 2.24) is 0 Å². The molecule has 4 atom stereocenters. The summed E-state index contributed by atoms with van der Waals surface area (Å²) in [6.07, 6.45) is 1.13. The van der Waals surface area contributed by atoms with Crippen LogP contribution in [0, 0.1) is 0 Å². The van der Waals surface area contributed by atoms with E-state index in [4.69, 9.17) is 14.2 Å². The molecule has 0 unspecified atom stereocenters. The lowest BCUT2D eigenvalue weighted by molar-refractivity contribution is -0.150. The third-order valence-electron chi connectivity index (χ3n) is 3.57. The first-order chi connectivity index (χ1) is 9.97. The first-order valence-corrected chi connectivity index (χ1v) is 7.64. The molecule has 1 aliphatic heterocycles. The zero-order valence-corrected chi connectivity index (χ0v) is 13.0. The standard InChI is InChI=1S/C15H26O6/c1-4-11(17)13-9-14(20-10(3)16)12(21-13)7-6-8-15(18)19-5-2/h11-14,17H,4-9H2,1-3H3/t11-,12-,13-,14-/m1/s1. The van der Waals surface area contributed by atoms with Crippen LogP contribution in [-0.2, 0) is 23.8 Å². The molecule has 0 aromatic heterocycles. The Morgan fingerprint density at radius 3 is 2.67 bits per heavy atom. The highest BCUT2D eigenvalue weighted by molar-refractivity contribution is 5.69. The van der Waals surface area contributed by atoms with Crippen LogP contribution in [0.1, 0.15) is 52.9 Å². The van der Waals surface area contributed by atoms with Crippen molar-refractivity contribution < 1.29 is 28.9 Å². The van der Waals surface area contributed by atoms with Gasteiger partial charge in [-0.1, -0.05) is 6.92 Å². The van der Waals surface area contributed by atoms with Gasteiger partial charge in [-0.05, 0) is 26.2 Å². The van der Waals surface area contributed by atoms with E-state index in [2.05, 4.69) is 0 Å². The van der Waals surface area contributed by atoms with Gasteiger partial charge in [0.1, 0.15) is 6.10 Å². The van der Waals surface area contributed by atoms with Crippen molar-refractivity contribution in [1.29, 1.82) is 0 Å². The minimum atomic E-state index is -0.557. The lowest BCUT2D eigenvalue weighted by Crippen LogP contribution is -2.26.